The van der Waals surface area contributed by atoms with Crippen LogP contribution in [0.1, 0.15) is 36.5 Å². The molecular formula is C20H21N5O3. The lowest BCUT2D eigenvalue weighted by Crippen LogP contribution is -2.20. The Kier molecular flexibility index (Phi) is 4.94. The SMILES string of the molecule is CC(=O)Nc1ccc(C2=C[C@H](c3ccco3)n3nc(CCCO)nc3N2)cc1. The molecule has 8 heteroatoms. The summed E-state index contributed by atoms with van der Waals surface area (Å²) in [5.74, 6) is 1.94. The number of rotatable bonds is 6. The topological polar surface area (TPSA) is 105 Å². The smallest absolute Gasteiger partial charge is 0.226 e. The van der Waals surface area contributed by atoms with Crippen molar-refractivity contribution in [2.24, 2.45) is 0 Å². The van der Waals surface area contributed by atoms with Gasteiger partial charge in [0.25, 0.3) is 0 Å². The largest absolute Gasteiger partial charge is 0.467 e. The number of allylic oxidation sites excluding steroid dienone is 1. The molecule has 0 saturated carbocycles. The van der Waals surface area contributed by atoms with Crippen molar-refractivity contribution in [2.75, 3.05) is 17.2 Å². The minimum absolute atomic E-state index is 0.100. The summed E-state index contributed by atoms with van der Waals surface area (Å²) in [6.45, 7) is 1.58. The number of carbonyl (C=O) groups is 1. The van der Waals surface area contributed by atoms with Crippen LogP contribution < -0.4 is 10.6 Å². The zero-order valence-corrected chi connectivity index (χ0v) is 15.4. The van der Waals surface area contributed by atoms with Crippen LogP contribution in [0.2, 0.25) is 0 Å². The molecule has 3 heterocycles. The standard InChI is InChI=1S/C20H21N5O3/c1-13(27)21-15-8-6-14(7-9-15)16-12-17(18-4-3-11-28-18)25-20(22-16)23-19(24-25)5-2-10-26/h3-4,6-9,11-12,17,26H,2,5,10H2,1H3,(H,21,27)(H,22,23,24)/t17-/m1/s1. The third-order valence-corrected chi connectivity index (χ3v) is 4.42. The van der Waals surface area contributed by atoms with E-state index in [2.05, 4.69) is 20.7 Å². The molecular weight excluding hydrogens is 358 g/mol. The Morgan fingerprint density at radius 2 is 2.14 bits per heavy atom. The summed E-state index contributed by atoms with van der Waals surface area (Å²) in [6, 6.07) is 11.1. The van der Waals surface area contributed by atoms with E-state index in [0.717, 1.165) is 22.7 Å². The van der Waals surface area contributed by atoms with Crippen LogP contribution in [0.3, 0.4) is 0 Å². The molecule has 0 spiro atoms. The number of amides is 1. The molecule has 0 aliphatic carbocycles. The summed E-state index contributed by atoms with van der Waals surface area (Å²) in [5, 5.41) is 19.7. The van der Waals surface area contributed by atoms with Crippen molar-refractivity contribution >= 4 is 23.2 Å². The van der Waals surface area contributed by atoms with Crippen LogP contribution in [-0.2, 0) is 11.2 Å². The Balaban J connectivity index is 1.67. The predicted molar refractivity (Wildman–Crippen MR) is 105 cm³/mol. The molecule has 2 aromatic heterocycles. The second kappa shape index (κ2) is 7.69. The minimum Gasteiger partial charge on any atom is -0.467 e. The van der Waals surface area contributed by atoms with Gasteiger partial charge in [0.1, 0.15) is 11.8 Å². The second-order valence-electron chi connectivity index (χ2n) is 6.55. The highest BCUT2D eigenvalue weighted by Crippen LogP contribution is 2.33. The number of hydrogen-bond donors (Lipinski definition) is 3. The molecule has 0 bridgehead atoms. The van der Waals surface area contributed by atoms with Crippen molar-refractivity contribution in [3.05, 3.63) is 65.9 Å². The minimum atomic E-state index is -0.230. The number of furan rings is 1. The Bertz CT molecular complexity index is 990. The van der Waals surface area contributed by atoms with Gasteiger partial charge in [0.05, 0.1) is 6.26 Å². The van der Waals surface area contributed by atoms with Gasteiger partial charge in [-0.15, -0.1) is 0 Å². The molecule has 1 aromatic carbocycles. The quantitative estimate of drug-likeness (QED) is 0.608. The molecule has 0 unspecified atom stereocenters. The number of aliphatic hydroxyl groups excluding tert-OH is 1. The van der Waals surface area contributed by atoms with E-state index >= 15 is 0 Å². The van der Waals surface area contributed by atoms with E-state index in [-0.39, 0.29) is 18.6 Å². The second-order valence-corrected chi connectivity index (χ2v) is 6.55. The molecule has 1 aliphatic heterocycles. The monoisotopic (exact) mass is 379 g/mol. The summed E-state index contributed by atoms with van der Waals surface area (Å²) in [6.07, 6.45) is 4.88. The zero-order chi connectivity index (χ0) is 19.5. The van der Waals surface area contributed by atoms with Crippen LogP contribution in [0, 0.1) is 0 Å². The summed E-state index contributed by atoms with van der Waals surface area (Å²) < 4.78 is 7.41. The maximum Gasteiger partial charge on any atom is 0.226 e. The Morgan fingerprint density at radius 1 is 1.32 bits per heavy atom. The molecule has 1 aliphatic rings. The highest BCUT2D eigenvalue weighted by atomic mass is 16.3. The number of hydrogen-bond acceptors (Lipinski definition) is 6. The number of nitrogens with one attached hydrogen (secondary N) is 2. The lowest BCUT2D eigenvalue weighted by Gasteiger charge is -2.22. The molecule has 0 saturated heterocycles. The number of aromatic nitrogens is 3. The van der Waals surface area contributed by atoms with Gasteiger partial charge in [0.2, 0.25) is 11.9 Å². The van der Waals surface area contributed by atoms with Crippen LogP contribution in [0.15, 0.2) is 53.2 Å². The zero-order valence-electron chi connectivity index (χ0n) is 15.4. The fourth-order valence-corrected chi connectivity index (χ4v) is 3.15. The normalized spacial score (nSPS) is 15.5. The lowest BCUT2D eigenvalue weighted by molar-refractivity contribution is -0.114. The van der Waals surface area contributed by atoms with E-state index in [0.29, 0.717) is 24.6 Å². The van der Waals surface area contributed by atoms with Gasteiger partial charge in [-0.2, -0.15) is 10.1 Å². The number of aryl methyl sites for hydroxylation is 1. The highest BCUT2D eigenvalue weighted by molar-refractivity contribution is 5.89. The van der Waals surface area contributed by atoms with Gasteiger partial charge in [0.15, 0.2) is 5.82 Å². The lowest BCUT2D eigenvalue weighted by atomic mass is 10.1. The number of fused-ring (bicyclic) bond motifs is 1. The van der Waals surface area contributed by atoms with E-state index in [9.17, 15) is 4.79 Å². The maximum absolute atomic E-state index is 11.2. The molecule has 28 heavy (non-hydrogen) atoms. The van der Waals surface area contributed by atoms with Gasteiger partial charge in [-0.25, -0.2) is 4.68 Å². The molecule has 1 amide bonds. The first-order valence-electron chi connectivity index (χ1n) is 9.10. The molecule has 3 aromatic rings. The Morgan fingerprint density at radius 3 is 2.82 bits per heavy atom. The van der Waals surface area contributed by atoms with Crippen molar-refractivity contribution in [3.63, 3.8) is 0 Å². The summed E-state index contributed by atoms with van der Waals surface area (Å²) in [5.41, 5.74) is 2.57. The molecule has 1 atom stereocenters. The summed E-state index contributed by atoms with van der Waals surface area (Å²) in [7, 11) is 0. The van der Waals surface area contributed by atoms with E-state index in [1.165, 1.54) is 6.92 Å². The van der Waals surface area contributed by atoms with Crippen molar-refractivity contribution in [1.29, 1.82) is 0 Å². The van der Waals surface area contributed by atoms with E-state index < -0.39 is 0 Å². The van der Waals surface area contributed by atoms with Crippen LogP contribution in [0.4, 0.5) is 11.6 Å². The van der Waals surface area contributed by atoms with Gasteiger partial charge in [0, 0.05) is 31.3 Å². The first-order chi connectivity index (χ1) is 13.6. The van der Waals surface area contributed by atoms with E-state index in [1.54, 1.807) is 10.9 Å². The van der Waals surface area contributed by atoms with Crippen molar-refractivity contribution in [3.8, 4) is 0 Å². The maximum atomic E-state index is 11.2. The van der Waals surface area contributed by atoms with Crippen LogP contribution >= 0.6 is 0 Å². The highest BCUT2D eigenvalue weighted by Gasteiger charge is 2.26. The average molecular weight is 379 g/mol. The number of anilines is 2. The van der Waals surface area contributed by atoms with Gasteiger partial charge in [-0.05, 0) is 42.3 Å². The number of carbonyl (C=O) groups excluding carboxylic acids is 1. The molecule has 8 nitrogen and oxygen atoms in total. The first-order valence-corrected chi connectivity index (χ1v) is 9.10. The number of aliphatic hydroxyl groups is 1. The van der Waals surface area contributed by atoms with Crippen LogP contribution in [-0.4, -0.2) is 32.4 Å². The van der Waals surface area contributed by atoms with Crippen molar-refractivity contribution in [1.82, 2.24) is 14.8 Å². The van der Waals surface area contributed by atoms with Gasteiger partial charge < -0.3 is 20.2 Å². The summed E-state index contributed by atoms with van der Waals surface area (Å²) in [4.78, 5) is 15.8. The fraction of sp³-hybridized carbons (Fsp3) is 0.250. The third-order valence-electron chi connectivity index (χ3n) is 4.42. The molecule has 4 rings (SSSR count). The van der Waals surface area contributed by atoms with Gasteiger partial charge in [-0.1, -0.05) is 12.1 Å². The molecule has 3 N–H and O–H groups in total. The van der Waals surface area contributed by atoms with Crippen LogP contribution in [0.5, 0.6) is 0 Å². The molecule has 144 valence electrons. The van der Waals surface area contributed by atoms with E-state index in [4.69, 9.17) is 9.52 Å². The molecule has 0 fully saturated rings. The van der Waals surface area contributed by atoms with E-state index in [1.807, 2.05) is 42.5 Å². The van der Waals surface area contributed by atoms with Crippen molar-refractivity contribution in [2.45, 2.75) is 25.8 Å². The predicted octanol–water partition coefficient (Wildman–Crippen LogP) is 2.81. The summed E-state index contributed by atoms with van der Waals surface area (Å²) >= 11 is 0. The third kappa shape index (κ3) is 3.67. The van der Waals surface area contributed by atoms with Gasteiger partial charge in [-0.3, -0.25) is 4.79 Å². The van der Waals surface area contributed by atoms with Gasteiger partial charge >= 0.3 is 0 Å². The number of benzene rings is 1. The van der Waals surface area contributed by atoms with Crippen molar-refractivity contribution < 1.29 is 14.3 Å². The first kappa shape index (κ1) is 18.0. The Hall–Kier alpha value is -3.39. The fourth-order valence-electron chi connectivity index (χ4n) is 3.15. The number of nitrogens with zero attached hydrogens (tertiary/aromatic N) is 3. The average Bonchev–Trinajstić information content (AvgIpc) is 3.35. The Labute approximate surface area is 161 Å². The van der Waals surface area contributed by atoms with Crippen LogP contribution in [0.25, 0.3) is 5.70 Å². The molecule has 0 radical (unpaired) electrons.